The van der Waals surface area contributed by atoms with Gasteiger partial charge in [0, 0.05) is 5.75 Å². The Labute approximate surface area is 77.7 Å². The van der Waals surface area contributed by atoms with E-state index in [1.165, 1.54) is 11.8 Å². The molecule has 0 aromatic rings. The van der Waals surface area contributed by atoms with Crippen LogP contribution in [-0.4, -0.2) is 23.1 Å². The average Bonchev–Trinajstić information content (AvgIpc) is 1.96. The lowest BCUT2D eigenvalue weighted by Gasteiger charge is -2.18. The fraction of sp³-hybridized carbons (Fsp3) is 0.857. The summed E-state index contributed by atoms with van der Waals surface area (Å²) in [5, 5.41) is 3.72. The fourth-order valence-corrected chi connectivity index (χ4v) is 0.982. The molecule has 0 aliphatic carbocycles. The van der Waals surface area contributed by atoms with Crippen molar-refractivity contribution in [1.29, 1.82) is 0 Å². The Bertz CT molecular complexity index is 153. The standard InChI is InChI=1S/C7H17N3OS/c1-7(2,3)11-4-5-12-6(8)10-9/h4-5,9H2,1-3H3,(H2,8,10). The summed E-state index contributed by atoms with van der Waals surface area (Å²) in [6.45, 7) is 6.69. The molecule has 0 rings (SSSR count). The van der Waals surface area contributed by atoms with Gasteiger partial charge in [0.1, 0.15) is 0 Å². The van der Waals surface area contributed by atoms with Crippen molar-refractivity contribution in [2.45, 2.75) is 26.4 Å². The van der Waals surface area contributed by atoms with Crippen LogP contribution in [0.3, 0.4) is 0 Å². The molecule has 0 heterocycles. The molecule has 0 saturated carbocycles. The van der Waals surface area contributed by atoms with Crippen LogP contribution in [0.25, 0.3) is 0 Å². The van der Waals surface area contributed by atoms with E-state index in [2.05, 4.69) is 5.10 Å². The molecule has 0 aliphatic heterocycles. The second-order valence-corrected chi connectivity index (χ2v) is 4.39. The number of thioether (sulfide) groups is 1. The number of ether oxygens (including phenoxy) is 1. The predicted molar refractivity (Wildman–Crippen MR) is 54.0 cm³/mol. The van der Waals surface area contributed by atoms with Crippen molar-refractivity contribution in [2.24, 2.45) is 16.7 Å². The van der Waals surface area contributed by atoms with E-state index in [-0.39, 0.29) is 5.60 Å². The first-order valence-electron chi connectivity index (χ1n) is 3.76. The normalized spacial score (nSPS) is 13.4. The first-order valence-corrected chi connectivity index (χ1v) is 4.74. The highest BCUT2D eigenvalue weighted by atomic mass is 32.2. The molecule has 0 atom stereocenters. The highest BCUT2D eigenvalue weighted by Crippen LogP contribution is 2.08. The summed E-state index contributed by atoms with van der Waals surface area (Å²) in [7, 11) is 0. The van der Waals surface area contributed by atoms with Crippen LogP contribution >= 0.6 is 11.8 Å². The van der Waals surface area contributed by atoms with E-state index in [1.807, 2.05) is 20.8 Å². The molecule has 0 unspecified atom stereocenters. The van der Waals surface area contributed by atoms with Crippen LogP contribution in [0.4, 0.5) is 0 Å². The number of hydrazone groups is 1. The van der Waals surface area contributed by atoms with Crippen molar-refractivity contribution < 1.29 is 4.74 Å². The molecular formula is C7H17N3OS. The average molecular weight is 191 g/mol. The van der Waals surface area contributed by atoms with Gasteiger partial charge in [-0.25, -0.2) is 0 Å². The van der Waals surface area contributed by atoms with E-state index >= 15 is 0 Å². The summed E-state index contributed by atoms with van der Waals surface area (Å²) in [5.41, 5.74) is 5.27. The molecule has 0 saturated heterocycles. The van der Waals surface area contributed by atoms with Gasteiger partial charge in [0.2, 0.25) is 0 Å². The van der Waals surface area contributed by atoms with Crippen LogP contribution in [0.15, 0.2) is 5.10 Å². The number of hydrogen-bond acceptors (Lipinski definition) is 4. The van der Waals surface area contributed by atoms with E-state index in [0.717, 1.165) is 5.75 Å². The van der Waals surface area contributed by atoms with E-state index in [0.29, 0.717) is 11.8 Å². The maximum absolute atomic E-state index is 5.45. The lowest BCUT2D eigenvalue weighted by atomic mass is 10.2. The smallest absolute Gasteiger partial charge is 0.177 e. The summed E-state index contributed by atoms with van der Waals surface area (Å²) >= 11 is 1.39. The molecule has 0 radical (unpaired) electrons. The lowest BCUT2D eigenvalue weighted by molar-refractivity contribution is 0.00700. The van der Waals surface area contributed by atoms with Gasteiger partial charge in [0.15, 0.2) is 5.17 Å². The summed E-state index contributed by atoms with van der Waals surface area (Å²) in [6.07, 6.45) is 0. The van der Waals surface area contributed by atoms with Gasteiger partial charge in [-0.1, -0.05) is 11.8 Å². The molecular weight excluding hydrogens is 174 g/mol. The molecule has 0 aliphatic rings. The molecule has 5 heteroatoms. The third-order valence-corrected chi connectivity index (χ3v) is 1.77. The maximum Gasteiger partial charge on any atom is 0.177 e. The summed E-state index contributed by atoms with van der Waals surface area (Å²) in [4.78, 5) is 0. The monoisotopic (exact) mass is 191 g/mol. The third-order valence-electron chi connectivity index (χ3n) is 0.996. The molecule has 0 aromatic heterocycles. The maximum atomic E-state index is 5.45. The predicted octanol–water partition coefficient (Wildman–Crippen LogP) is 0.723. The summed E-state index contributed by atoms with van der Waals surface area (Å²) in [6, 6.07) is 0. The molecule has 0 aromatic carbocycles. The SMILES string of the molecule is CC(C)(C)OCCSC(N)=NN. The number of nitrogens with two attached hydrogens (primary N) is 2. The van der Waals surface area contributed by atoms with Gasteiger partial charge in [-0.05, 0) is 20.8 Å². The largest absolute Gasteiger partial charge is 0.377 e. The van der Waals surface area contributed by atoms with Crippen molar-refractivity contribution in [3.05, 3.63) is 0 Å². The second kappa shape index (κ2) is 5.27. The zero-order chi connectivity index (χ0) is 9.61. The molecule has 4 N–H and O–H groups in total. The fourth-order valence-electron chi connectivity index (χ4n) is 0.531. The molecule has 0 bridgehead atoms. The molecule has 0 spiro atoms. The van der Waals surface area contributed by atoms with Crippen LogP contribution in [0, 0.1) is 0 Å². The second-order valence-electron chi connectivity index (χ2n) is 3.28. The molecule has 4 nitrogen and oxygen atoms in total. The lowest BCUT2D eigenvalue weighted by Crippen LogP contribution is -2.21. The van der Waals surface area contributed by atoms with Crippen LogP contribution in [0.2, 0.25) is 0 Å². The minimum Gasteiger partial charge on any atom is -0.377 e. The van der Waals surface area contributed by atoms with Crippen LogP contribution < -0.4 is 11.6 Å². The number of nitrogens with zero attached hydrogens (tertiary/aromatic N) is 1. The van der Waals surface area contributed by atoms with Gasteiger partial charge < -0.3 is 16.3 Å². The van der Waals surface area contributed by atoms with Crippen LogP contribution in [0.1, 0.15) is 20.8 Å². The van der Waals surface area contributed by atoms with Gasteiger partial charge >= 0.3 is 0 Å². The van der Waals surface area contributed by atoms with Gasteiger partial charge in [0.25, 0.3) is 0 Å². The first-order chi connectivity index (χ1) is 5.45. The van der Waals surface area contributed by atoms with E-state index in [1.54, 1.807) is 0 Å². The van der Waals surface area contributed by atoms with E-state index in [4.69, 9.17) is 16.3 Å². The quantitative estimate of drug-likeness (QED) is 0.227. The molecule has 72 valence electrons. The van der Waals surface area contributed by atoms with E-state index in [9.17, 15) is 0 Å². The highest BCUT2D eigenvalue weighted by Gasteiger charge is 2.08. The number of rotatable bonds is 3. The Balaban J connectivity index is 3.34. The molecule has 0 amide bonds. The van der Waals surface area contributed by atoms with Gasteiger partial charge in [-0.2, -0.15) is 5.10 Å². The Morgan fingerprint density at radius 3 is 2.50 bits per heavy atom. The summed E-state index contributed by atoms with van der Waals surface area (Å²) < 4.78 is 5.45. The van der Waals surface area contributed by atoms with Crippen molar-refractivity contribution in [3.63, 3.8) is 0 Å². The topological polar surface area (TPSA) is 73.6 Å². The zero-order valence-corrected chi connectivity index (χ0v) is 8.65. The van der Waals surface area contributed by atoms with Gasteiger partial charge in [-0.3, -0.25) is 0 Å². The van der Waals surface area contributed by atoms with Gasteiger partial charge in [-0.15, -0.1) is 0 Å². The van der Waals surface area contributed by atoms with Crippen LogP contribution in [0.5, 0.6) is 0 Å². The molecule has 0 fully saturated rings. The van der Waals surface area contributed by atoms with Gasteiger partial charge in [0.05, 0.1) is 12.2 Å². The van der Waals surface area contributed by atoms with Crippen molar-refractivity contribution in [3.8, 4) is 0 Å². The van der Waals surface area contributed by atoms with E-state index < -0.39 is 0 Å². The Hall–Kier alpha value is -0.420. The number of hydrogen-bond donors (Lipinski definition) is 2. The minimum absolute atomic E-state index is 0.0881. The minimum atomic E-state index is -0.0881. The molecule has 12 heavy (non-hydrogen) atoms. The Kier molecular flexibility index (Phi) is 5.08. The van der Waals surface area contributed by atoms with Crippen molar-refractivity contribution in [2.75, 3.05) is 12.4 Å². The van der Waals surface area contributed by atoms with Crippen molar-refractivity contribution in [1.82, 2.24) is 0 Å². The first kappa shape index (κ1) is 11.6. The third kappa shape index (κ3) is 7.68. The zero-order valence-electron chi connectivity index (χ0n) is 7.83. The van der Waals surface area contributed by atoms with Crippen molar-refractivity contribution >= 4 is 16.9 Å². The Morgan fingerprint density at radius 1 is 1.50 bits per heavy atom. The van der Waals surface area contributed by atoms with Crippen LogP contribution in [-0.2, 0) is 4.74 Å². The Morgan fingerprint density at radius 2 is 2.08 bits per heavy atom. The summed E-state index contributed by atoms with van der Waals surface area (Å²) in [5.74, 6) is 5.72. The highest BCUT2D eigenvalue weighted by molar-refractivity contribution is 8.13. The number of amidine groups is 1.